The molecule has 3 rings (SSSR count). The molecule has 2 aromatic carbocycles. The fourth-order valence-corrected chi connectivity index (χ4v) is 3.43. The Balaban J connectivity index is 1.98. The zero-order chi connectivity index (χ0) is 13.9. The molecule has 0 bridgehead atoms. The number of amidine groups is 1. The van der Waals surface area contributed by atoms with Gasteiger partial charge in [0.25, 0.3) is 0 Å². The molecule has 0 amide bonds. The minimum atomic E-state index is 0.350. The van der Waals surface area contributed by atoms with Crippen molar-refractivity contribution in [3.63, 3.8) is 0 Å². The largest absolute Gasteiger partial charge is 0.357 e. The lowest BCUT2D eigenvalue weighted by Crippen LogP contribution is -2.32. The maximum atomic E-state index is 4.74. The molecule has 104 valence electrons. The molecule has 0 spiro atoms. The van der Waals surface area contributed by atoms with Crippen molar-refractivity contribution in [2.75, 3.05) is 25.0 Å². The maximum Gasteiger partial charge on any atom is 0.106 e. The fraction of sp³-hybridized carbons (Fsp3) is 0.353. The van der Waals surface area contributed by atoms with E-state index in [0.29, 0.717) is 5.92 Å². The summed E-state index contributed by atoms with van der Waals surface area (Å²) in [4.78, 5) is 7.14. The summed E-state index contributed by atoms with van der Waals surface area (Å²) in [5, 5.41) is 3.65. The van der Waals surface area contributed by atoms with Crippen molar-refractivity contribution < 1.29 is 0 Å². The first-order valence-corrected chi connectivity index (χ1v) is 8.26. The van der Waals surface area contributed by atoms with Crippen molar-refractivity contribution in [3.05, 3.63) is 48.0 Å². The molecule has 0 aromatic heterocycles. The first kappa shape index (κ1) is 13.6. The van der Waals surface area contributed by atoms with Gasteiger partial charge < -0.3 is 4.90 Å². The van der Waals surface area contributed by atoms with Crippen molar-refractivity contribution in [1.82, 2.24) is 4.90 Å². The van der Waals surface area contributed by atoms with Crippen LogP contribution in [0.2, 0.25) is 0 Å². The van der Waals surface area contributed by atoms with E-state index in [1.165, 1.54) is 22.2 Å². The number of fused-ring (bicyclic) bond motifs is 1. The third-order valence-electron chi connectivity index (χ3n) is 4.00. The quantitative estimate of drug-likeness (QED) is 0.772. The molecule has 1 aliphatic heterocycles. The van der Waals surface area contributed by atoms with E-state index in [9.17, 15) is 0 Å². The van der Waals surface area contributed by atoms with E-state index in [4.69, 9.17) is 4.99 Å². The lowest BCUT2D eigenvalue weighted by atomic mass is 9.93. The van der Waals surface area contributed by atoms with Crippen LogP contribution in [0, 0.1) is 0 Å². The minimum Gasteiger partial charge on any atom is -0.357 e. The summed E-state index contributed by atoms with van der Waals surface area (Å²) in [7, 11) is 0. The van der Waals surface area contributed by atoms with Crippen LogP contribution >= 0.6 is 15.9 Å². The predicted molar refractivity (Wildman–Crippen MR) is 90.0 cm³/mol. The van der Waals surface area contributed by atoms with Crippen LogP contribution in [0.4, 0.5) is 0 Å². The third-order valence-corrected chi connectivity index (χ3v) is 4.35. The summed E-state index contributed by atoms with van der Waals surface area (Å²) < 4.78 is 0. The van der Waals surface area contributed by atoms with E-state index >= 15 is 0 Å². The molecule has 0 aliphatic carbocycles. The molecule has 0 saturated heterocycles. The summed E-state index contributed by atoms with van der Waals surface area (Å²) in [5.74, 6) is 1.59. The van der Waals surface area contributed by atoms with Crippen LogP contribution in [0.5, 0.6) is 0 Å². The van der Waals surface area contributed by atoms with Gasteiger partial charge >= 0.3 is 0 Å². The number of benzene rings is 2. The van der Waals surface area contributed by atoms with Crippen molar-refractivity contribution in [1.29, 1.82) is 0 Å². The van der Waals surface area contributed by atoms with Crippen LogP contribution in [-0.4, -0.2) is 35.7 Å². The van der Waals surface area contributed by atoms with E-state index < -0.39 is 0 Å². The average molecular weight is 331 g/mol. The Morgan fingerprint density at radius 3 is 2.85 bits per heavy atom. The van der Waals surface area contributed by atoms with Crippen molar-refractivity contribution in [2.24, 2.45) is 4.99 Å². The Hall–Kier alpha value is -1.35. The molecule has 2 aromatic rings. The summed E-state index contributed by atoms with van der Waals surface area (Å²) >= 11 is 3.54. The van der Waals surface area contributed by atoms with Gasteiger partial charge in [-0.15, -0.1) is 0 Å². The number of aliphatic imine (C=N–C) groups is 1. The van der Waals surface area contributed by atoms with Gasteiger partial charge in [-0.1, -0.05) is 65.3 Å². The van der Waals surface area contributed by atoms with E-state index in [-0.39, 0.29) is 0 Å². The van der Waals surface area contributed by atoms with E-state index in [0.717, 1.165) is 25.0 Å². The maximum absolute atomic E-state index is 4.74. The molecule has 1 heterocycles. The second kappa shape index (κ2) is 5.96. The van der Waals surface area contributed by atoms with Crippen LogP contribution in [0.3, 0.4) is 0 Å². The summed E-state index contributed by atoms with van der Waals surface area (Å²) in [6, 6.07) is 15.2. The standard InChI is InChI=1S/C17H19BrN2/c1-13(17-19-10-12-20(17)11-9-18)15-8-4-6-14-5-2-3-7-16(14)15/h2-8,13H,9-12H2,1H3. The molecule has 20 heavy (non-hydrogen) atoms. The zero-order valence-electron chi connectivity index (χ0n) is 11.7. The number of hydrogen-bond donors (Lipinski definition) is 0. The summed E-state index contributed by atoms with van der Waals surface area (Å²) in [6.07, 6.45) is 0. The molecular formula is C17H19BrN2. The average Bonchev–Trinajstić information content (AvgIpc) is 2.94. The molecule has 1 unspecified atom stereocenters. The van der Waals surface area contributed by atoms with Crippen molar-refractivity contribution in [3.8, 4) is 0 Å². The Labute approximate surface area is 128 Å². The van der Waals surface area contributed by atoms with Crippen molar-refractivity contribution >= 4 is 32.5 Å². The Kier molecular flexibility index (Phi) is 4.06. The van der Waals surface area contributed by atoms with Gasteiger partial charge in [0, 0.05) is 24.3 Å². The smallest absolute Gasteiger partial charge is 0.106 e. The molecule has 0 saturated carbocycles. The number of hydrogen-bond acceptors (Lipinski definition) is 2. The first-order valence-electron chi connectivity index (χ1n) is 7.14. The normalized spacial score (nSPS) is 16.5. The lowest BCUT2D eigenvalue weighted by molar-refractivity contribution is 0.475. The molecule has 3 heteroatoms. The van der Waals surface area contributed by atoms with E-state index in [2.05, 4.69) is 70.2 Å². The Morgan fingerprint density at radius 2 is 2.00 bits per heavy atom. The Bertz CT molecular complexity index is 630. The van der Waals surface area contributed by atoms with Crippen LogP contribution in [0.1, 0.15) is 18.4 Å². The number of rotatable bonds is 4. The molecule has 0 fully saturated rings. The molecular weight excluding hydrogens is 312 g/mol. The van der Waals surface area contributed by atoms with Gasteiger partial charge in [-0.05, 0) is 16.3 Å². The molecule has 2 nitrogen and oxygen atoms in total. The highest BCUT2D eigenvalue weighted by atomic mass is 79.9. The van der Waals surface area contributed by atoms with Gasteiger partial charge in [-0.3, -0.25) is 4.99 Å². The number of halogens is 1. The van der Waals surface area contributed by atoms with Crippen LogP contribution in [0.15, 0.2) is 47.5 Å². The first-order chi connectivity index (χ1) is 9.81. The van der Waals surface area contributed by atoms with Gasteiger partial charge in [0.2, 0.25) is 0 Å². The van der Waals surface area contributed by atoms with E-state index in [1.807, 2.05) is 0 Å². The van der Waals surface area contributed by atoms with Gasteiger partial charge in [0.15, 0.2) is 0 Å². The third kappa shape index (κ3) is 2.47. The van der Waals surface area contributed by atoms with E-state index in [1.54, 1.807) is 0 Å². The highest BCUT2D eigenvalue weighted by Gasteiger charge is 2.23. The van der Waals surface area contributed by atoms with Gasteiger partial charge in [0.1, 0.15) is 5.84 Å². The van der Waals surface area contributed by atoms with Crippen molar-refractivity contribution in [2.45, 2.75) is 12.8 Å². The lowest BCUT2D eigenvalue weighted by Gasteiger charge is -2.24. The zero-order valence-corrected chi connectivity index (χ0v) is 13.3. The summed E-state index contributed by atoms with van der Waals surface area (Å²) in [6.45, 7) is 5.29. The topological polar surface area (TPSA) is 15.6 Å². The Morgan fingerprint density at radius 1 is 1.20 bits per heavy atom. The highest BCUT2D eigenvalue weighted by molar-refractivity contribution is 9.09. The molecule has 0 radical (unpaired) electrons. The fourth-order valence-electron chi connectivity index (χ4n) is 3.01. The van der Waals surface area contributed by atoms with Crippen LogP contribution < -0.4 is 0 Å². The minimum absolute atomic E-state index is 0.350. The second-order valence-corrected chi connectivity index (χ2v) is 6.00. The summed E-state index contributed by atoms with van der Waals surface area (Å²) in [5.41, 5.74) is 1.38. The molecule has 1 aliphatic rings. The predicted octanol–water partition coefficient (Wildman–Crippen LogP) is 4.05. The van der Waals surface area contributed by atoms with Crippen LogP contribution in [0.25, 0.3) is 10.8 Å². The monoisotopic (exact) mass is 330 g/mol. The molecule has 0 N–H and O–H groups in total. The number of alkyl halides is 1. The van der Waals surface area contributed by atoms with Gasteiger partial charge in [-0.2, -0.15) is 0 Å². The highest BCUT2D eigenvalue weighted by Crippen LogP contribution is 2.28. The van der Waals surface area contributed by atoms with Gasteiger partial charge in [-0.25, -0.2) is 0 Å². The molecule has 1 atom stereocenters. The SMILES string of the molecule is CC(C1=NCCN1CCBr)c1cccc2ccccc12. The van der Waals surface area contributed by atoms with Gasteiger partial charge in [0.05, 0.1) is 6.54 Å². The van der Waals surface area contributed by atoms with Crippen LogP contribution in [-0.2, 0) is 0 Å². The number of nitrogens with zero attached hydrogens (tertiary/aromatic N) is 2. The second-order valence-electron chi connectivity index (χ2n) is 5.21.